The van der Waals surface area contributed by atoms with Crippen LogP contribution in [0.3, 0.4) is 0 Å². The lowest BCUT2D eigenvalue weighted by atomic mass is 10.2. The van der Waals surface area contributed by atoms with Crippen molar-refractivity contribution in [1.82, 2.24) is 5.32 Å². The maximum atomic E-state index is 8.92. The molecule has 96 valence electrons. The second-order valence-corrected chi connectivity index (χ2v) is 3.63. The van der Waals surface area contributed by atoms with E-state index >= 15 is 0 Å². The fourth-order valence-corrected chi connectivity index (χ4v) is 1.44. The van der Waals surface area contributed by atoms with Crippen molar-refractivity contribution in [3.63, 3.8) is 0 Å². The maximum absolute atomic E-state index is 8.92. The molecule has 0 heterocycles. The number of ether oxygens (including phenoxy) is 2. The largest absolute Gasteiger partial charge is 0.493 e. The Morgan fingerprint density at radius 2 is 1.76 bits per heavy atom. The van der Waals surface area contributed by atoms with Crippen molar-refractivity contribution >= 4 is 0 Å². The molecule has 0 aliphatic rings. The number of rotatable bonds is 7. The highest BCUT2D eigenvalue weighted by molar-refractivity contribution is 5.42. The van der Waals surface area contributed by atoms with Gasteiger partial charge in [0.2, 0.25) is 0 Å². The molecule has 0 radical (unpaired) electrons. The van der Waals surface area contributed by atoms with Gasteiger partial charge in [0.1, 0.15) is 0 Å². The summed E-state index contributed by atoms with van der Waals surface area (Å²) in [6.45, 7) is 0.361. The lowest BCUT2D eigenvalue weighted by Crippen LogP contribution is -2.35. The Balaban J connectivity index is 2.66. The van der Waals surface area contributed by atoms with E-state index in [1.54, 1.807) is 14.2 Å². The van der Waals surface area contributed by atoms with E-state index < -0.39 is 0 Å². The van der Waals surface area contributed by atoms with Crippen LogP contribution >= 0.6 is 0 Å². The van der Waals surface area contributed by atoms with Gasteiger partial charge in [-0.1, -0.05) is 6.07 Å². The van der Waals surface area contributed by atoms with Gasteiger partial charge in [0.15, 0.2) is 11.5 Å². The minimum atomic E-state index is -0.303. The summed E-state index contributed by atoms with van der Waals surface area (Å²) in [5, 5.41) is 20.9. The van der Waals surface area contributed by atoms with Gasteiger partial charge in [-0.3, -0.25) is 0 Å². The van der Waals surface area contributed by atoms with Crippen LogP contribution < -0.4 is 14.8 Å². The van der Waals surface area contributed by atoms with Gasteiger partial charge in [-0.2, -0.15) is 0 Å². The molecule has 0 amide bonds. The number of aliphatic hydroxyl groups excluding tert-OH is 2. The molecule has 0 unspecified atom stereocenters. The molecule has 17 heavy (non-hydrogen) atoms. The Bertz CT molecular complexity index is 339. The number of nitrogens with one attached hydrogen (secondary N) is 1. The smallest absolute Gasteiger partial charge is 0.161 e. The van der Waals surface area contributed by atoms with Crippen molar-refractivity contribution < 1.29 is 19.7 Å². The summed E-state index contributed by atoms with van der Waals surface area (Å²) in [6, 6.07) is 5.28. The van der Waals surface area contributed by atoms with Crippen LogP contribution in [0.5, 0.6) is 11.5 Å². The zero-order valence-corrected chi connectivity index (χ0v) is 10.1. The molecule has 0 saturated heterocycles. The third-order valence-corrected chi connectivity index (χ3v) is 2.48. The molecule has 5 nitrogen and oxygen atoms in total. The number of aliphatic hydroxyl groups is 2. The third-order valence-electron chi connectivity index (χ3n) is 2.48. The predicted molar refractivity (Wildman–Crippen MR) is 64.3 cm³/mol. The molecule has 0 fully saturated rings. The van der Waals surface area contributed by atoms with E-state index in [0.29, 0.717) is 18.0 Å². The van der Waals surface area contributed by atoms with E-state index in [1.807, 2.05) is 18.2 Å². The summed E-state index contributed by atoms with van der Waals surface area (Å²) in [4.78, 5) is 0. The molecule has 0 spiro atoms. The molecule has 3 N–H and O–H groups in total. The molecule has 0 aromatic heterocycles. The van der Waals surface area contributed by atoms with E-state index in [9.17, 15) is 0 Å². The first-order valence-electron chi connectivity index (χ1n) is 5.41. The van der Waals surface area contributed by atoms with Gasteiger partial charge < -0.3 is 25.0 Å². The SMILES string of the molecule is COc1ccc(CNC(CO)CO)cc1OC. The zero-order valence-electron chi connectivity index (χ0n) is 10.1. The molecule has 0 atom stereocenters. The highest BCUT2D eigenvalue weighted by Gasteiger charge is 2.07. The molecule has 0 bridgehead atoms. The van der Waals surface area contributed by atoms with Crippen LogP contribution in [-0.4, -0.2) is 43.7 Å². The van der Waals surface area contributed by atoms with Crippen LogP contribution in [0.2, 0.25) is 0 Å². The zero-order chi connectivity index (χ0) is 12.7. The minimum Gasteiger partial charge on any atom is -0.493 e. The van der Waals surface area contributed by atoms with Gasteiger partial charge in [0.25, 0.3) is 0 Å². The first-order valence-corrected chi connectivity index (χ1v) is 5.41. The van der Waals surface area contributed by atoms with Crippen LogP contribution in [-0.2, 0) is 6.54 Å². The average Bonchev–Trinajstić information content (AvgIpc) is 2.39. The van der Waals surface area contributed by atoms with Crippen molar-refractivity contribution in [2.24, 2.45) is 0 Å². The predicted octanol–water partition coefficient (Wildman–Crippen LogP) is 0.147. The highest BCUT2D eigenvalue weighted by Crippen LogP contribution is 2.27. The highest BCUT2D eigenvalue weighted by atomic mass is 16.5. The Labute approximate surface area is 101 Å². The molecule has 1 rings (SSSR count). The monoisotopic (exact) mass is 241 g/mol. The van der Waals surface area contributed by atoms with E-state index in [-0.39, 0.29) is 19.3 Å². The standard InChI is InChI=1S/C12H19NO4/c1-16-11-4-3-9(5-12(11)17-2)6-13-10(7-14)8-15/h3-5,10,13-15H,6-8H2,1-2H3. The second-order valence-electron chi connectivity index (χ2n) is 3.63. The van der Waals surface area contributed by atoms with Crippen molar-refractivity contribution in [1.29, 1.82) is 0 Å². The van der Waals surface area contributed by atoms with Crippen molar-refractivity contribution in [3.8, 4) is 11.5 Å². The summed E-state index contributed by atoms with van der Waals surface area (Å²) in [7, 11) is 3.17. The fourth-order valence-electron chi connectivity index (χ4n) is 1.44. The lowest BCUT2D eigenvalue weighted by molar-refractivity contribution is 0.170. The van der Waals surface area contributed by atoms with E-state index in [4.69, 9.17) is 19.7 Å². The molecule has 5 heteroatoms. The second kappa shape index (κ2) is 7.11. The van der Waals surface area contributed by atoms with Gasteiger partial charge in [0, 0.05) is 6.54 Å². The Morgan fingerprint density at radius 1 is 1.12 bits per heavy atom. The average molecular weight is 241 g/mol. The molecule has 0 aliphatic heterocycles. The summed E-state index contributed by atoms with van der Waals surface area (Å²) >= 11 is 0. The summed E-state index contributed by atoms with van der Waals surface area (Å²) in [5.41, 5.74) is 0.995. The van der Waals surface area contributed by atoms with E-state index in [0.717, 1.165) is 5.56 Å². The number of hydrogen-bond acceptors (Lipinski definition) is 5. The van der Waals surface area contributed by atoms with Crippen molar-refractivity contribution in [2.75, 3.05) is 27.4 Å². The fraction of sp³-hybridized carbons (Fsp3) is 0.500. The van der Waals surface area contributed by atoms with Crippen LogP contribution in [0.1, 0.15) is 5.56 Å². The molecular weight excluding hydrogens is 222 g/mol. The van der Waals surface area contributed by atoms with E-state index in [1.165, 1.54) is 0 Å². The molecule has 1 aromatic carbocycles. The molecule has 0 aliphatic carbocycles. The minimum absolute atomic E-state index is 0.0935. The molecular formula is C12H19NO4. The quantitative estimate of drug-likeness (QED) is 0.633. The summed E-state index contributed by atoms with van der Waals surface area (Å²) in [6.07, 6.45) is 0. The van der Waals surface area contributed by atoms with Crippen LogP contribution in [0.4, 0.5) is 0 Å². The Kier molecular flexibility index (Phi) is 5.76. The Hall–Kier alpha value is -1.30. The summed E-state index contributed by atoms with van der Waals surface area (Å²) < 4.78 is 10.3. The lowest BCUT2D eigenvalue weighted by Gasteiger charge is -2.14. The first-order chi connectivity index (χ1) is 8.24. The van der Waals surface area contributed by atoms with E-state index in [2.05, 4.69) is 5.32 Å². The van der Waals surface area contributed by atoms with Gasteiger partial charge >= 0.3 is 0 Å². The van der Waals surface area contributed by atoms with Crippen LogP contribution in [0.15, 0.2) is 18.2 Å². The number of methoxy groups -OCH3 is 2. The van der Waals surface area contributed by atoms with Crippen LogP contribution in [0, 0.1) is 0 Å². The topological polar surface area (TPSA) is 71.0 Å². The number of hydrogen-bond donors (Lipinski definition) is 3. The Morgan fingerprint density at radius 3 is 2.29 bits per heavy atom. The third kappa shape index (κ3) is 3.89. The van der Waals surface area contributed by atoms with Gasteiger partial charge in [-0.25, -0.2) is 0 Å². The number of benzene rings is 1. The molecule has 0 saturated carbocycles. The molecule has 1 aromatic rings. The van der Waals surface area contributed by atoms with Crippen molar-refractivity contribution in [3.05, 3.63) is 23.8 Å². The van der Waals surface area contributed by atoms with Gasteiger partial charge in [-0.15, -0.1) is 0 Å². The van der Waals surface area contributed by atoms with Crippen molar-refractivity contribution in [2.45, 2.75) is 12.6 Å². The normalized spacial score (nSPS) is 10.6. The maximum Gasteiger partial charge on any atom is 0.161 e. The van der Waals surface area contributed by atoms with Gasteiger partial charge in [0.05, 0.1) is 33.5 Å². The van der Waals surface area contributed by atoms with Gasteiger partial charge in [-0.05, 0) is 17.7 Å². The summed E-state index contributed by atoms with van der Waals surface area (Å²) in [5.74, 6) is 1.34. The van der Waals surface area contributed by atoms with Crippen LogP contribution in [0.25, 0.3) is 0 Å². The first kappa shape index (κ1) is 13.8.